The highest BCUT2D eigenvalue weighted by molar-refractivity contribution is 8.00. The molecule has 0 radical (unpaired) electrons. The van der Waals surface area contributed by atoms with Gasteiger partial charge in [-0.25, -0.2) is 0 Å². The first kappa shape index (κ1) is 17.4. The summed E-state index contributed by atoms with van der Waals surface area (Å²) in [5.41, 5.74) is -3.34. The van der Waals surface area contributed by atoms with E-state index in [9.17, 15) is 18.0 Å². The molecule has 0 aliphatic carbocycles. The predicted molar refractivity (Wildman–Crippen MR) is 75.9 cm³/mol. The highest BCUT2D eigenvalue weighted by Crippen LogP contribution is 2.29. The van der Waals surface area contributed by atoms with Crippen molar-refractivity contribution in [3.63, 3.8) is 0 Å². The summed E-state index contributed by atoms with van der Waals surface area (Å²) in [5.74, 6) is 4.84. The molecule has 7 heteroatoms. The van der Waals surface area contributed by atoms with E-state index in [2.05, 4.69) is 17.2 Å². The van der Waals surface area contributed by atoms with E-state index in [4.69, 9.17) is 5.11 Å². The molecule has 0 unspecified atom stereocenters. The van der Waals surface area contributed by atoms with Gasteiger partial charge in [0.2, 0.25) is 0 Å². The smallest absolute Gasteiger partial charge is 0.395 e. The number of hydrogen-bond donors (Lipinski definition) is 2. The summed E-state index contributed by atoms with van der Waals surface area (Å²) in [6.45, 7) is -0.104. The molecule has 0 aromatic heterocycles. The normalized spacial score (nSPS) is 10.7. The number of halogens is 3. The molecular formula is C14H14F3NO2S. The number of nitrogens with one attached hydrogen (secondary N) is 1. The minimum absolute atomic E-state index is 0.0376. The maximum absolute atomic E-state index is 11.9. The van der Waals surface area contributed by atoms with Crippen molar-refractivity contribution < 1.29 is 23.1 Å². The van der Waals surface area contributed by atoms with Crippen LogP contribution in [0.4, 0.5) is 13.2 Å². The fourth-order valence-corrected chi connectivity index (χ4v) is 1.83. The van der Waals surface area contributed by atoms with Gasteiger partial charge >= 0.3 is 5.51 Å². The van der Waals surface area contributed by atoms with Crippen molar-refractivity contribution in [2.24, 2.45) is 0 Å². The zero-order valence-electron chi connectivity index (χ0n) is 11.0. The molecule has 0 aliphatic rings. The summed E-state index contributed by atoms with van der Waals surface area (Å²) < 4.78 is 35.8. The third kappa shape index (κ3) is 7.63. The number of hydrogen-bond acceptors (Lipinski definition) is 3. The van der Waals surface area contributed by atoms with Gasteiger partial charge < -0.3 is 10.4 Å². The molecule has 114 valence electrons. The number of thioether (sulfide) groups is 1. The summed E-state index contributed by atoms with van der Waals surface area (Å²) in [6, 6.07) is 6.46. The molecule has 1 amide bonds. The first-order chi connectivity index (χ1) is 9.92. The van der Waals surface area contributed by atoms with Gasteiger partial charge in [0.1, 0.15) is 0 Å². The van der Waals surface area contributed by atoms with Crippen molar-refractivity contribution in [2.75, 3.05) is 18.9 Å². The third-order valence-corrected chi connectivity index (χ3v) is 2.98. The van der Waals surface area contributed by atoms with E-state index in [0.717, 1.165) is 0 Å². The van der Waals surface area contributed by atoms with E-state index >= 15 is 0 Å². The van der Waals surface area contributed by atoms with E-state index in [1.807, 2.05) is 0 Å². The monoisotopic (exact) mass is 317 g/mol. The van der Waals surface area contributed by atoms with Crippen LogP contribution < -0.4 is 5.32 Å². The lowest BCUT2D eigenvalue weighted by Gasteiger charge is -2.07. The zero-order valence-corrected chi connectivity index (χ0v) is 11.9. The zero-order chi connectivity index (χ0) is 15.7. The number of carbonyl (C=O) groups excluding carboxylic acids is 1. The quantitative estimate of drug-likeness (QED) is 0.648. The first-order valence-electron chi connectivity index (χ1n) is 6.11. The van der Waals surface area contributed by atoms with Crippen molar-refractivity contribution in [2.45, 2.75) is 11.9 Å². The summed E-state index contributed by atoms with van der Waals surface area (Å²) in [4.78, 5) is 11.8. The van der Waals surface area contributed by atoms with Gasteiger partial charge in [-0.05, 0) is 30.0 Å². The second-order valence-corrected chi connectivity index (χ2v) is 5.07. The lowest BCUT2D eigenvalue weighted by molar-refractivity contribution is -0.0327. The van der Waals surface area contributed by atoms with Gasteiger partial charge in [-0.2, -0.15) is 13.2 Å². The standard InChI is InChI=1S/C14H14F3NO2S/c15-14(16,17)21-9-7-18-13(20)12-6-3-5-11(10-12)4-1-2-8-19/h3,5-6,10,19H,2,7-9H2,(H,18,20). The molecule has 1 rings (SSSR count). The fourth-order valence-electron chi connectivity index (χ4n) is 1.39. The van der Waals surface area contributed by atoms with E-state index < -0.39 is 11.4 Å². The number of alkyl halides is 3. The van der Waals surface area contributed by atoms with Crippen LogP contribution in [-0.4, -0.2) is 35.4 Å². The number of aliphatic hydroxyl groups excluding tert-OH is 1. The summed E-state index contributed by atoms with van der Waals surface area (Å²) in [7, 11) is 0. The Bertz CT molecular complexity index is 535. The fraction of sp³-hybridized carbons (Fsp3) is 0.357. The third-order valence-electron chi connectivity index (χ3n) is 2.25. The number of amides is 1. The SMILES string of the molecule is O=C(NCCSC(F)(F)F)c1cccc(C#CCCO)c1. The van der Waals surface area contributed by atoms with Crippen molar-refractivity contribution in [3.05, 3.63) is 35.4 Å². The van der Waals surface area contributed by atoms with Crippen LogP contribution in [0, 0.1) is 11.8 Å². The summed E-state index contributed by atoms with van der Waals surface area (Å²) >= 11 is -0.173. The predicted octanol–water partition coefficient (Wildman–Crippen LogP) is 2.40. The van der Waals surface area contributed by atoms with Crippen LogP contribution in [0.5, 0.6) is 0 Å². The lowest BCUT2D eigenvalue weighted by Crippen LogP contribution is -2.26. The van der Waals surface area contributed by atoms with E-state index in [1.165, 1.54) is 0 Å². The van der Waals surface area contributed by atoms with Gasteiger partial charge in [0.15, 0.2) is 0 Å². The average Bonchev–Trinajstić information content (AvgIpc) is 2.43. The van der Waals surface area contributed by atoms with Crippen LogP contribution in [0.15, 0.2) is 24.3 Å². The van der Waals surface area contributed by atoms with Crippen molar-refractivity contribution >= 4 is 17.7 Å². The molecule has 21 heavy (non-hydrogen) atoms. The van der Waals surface area contributed by atoms with Gasteiger partial charge in [-0.3, -0.25) is 4.79 Å². The Morgan fingerprint density at radius 2 is 2.14 bits per heavy atom. The lowest BCUT2D eigenvalue weighted by atomic mass is 10.1. The first-order valence-corrected chi connectivity index (χ1v) is 7.09. The molecule has 3 nitrogen and oxygen atoms in total. The molecular weight excluding hydrogens is 303 g/mol. The molecule has 0 aliphatic heterocycles. The Kier molecular flexibility index (Phi) is 7.12. The Labute approximate surface area is 124 Å². The van der Waals surface area contributed by atoms with Crippen molar-refractivity contribution in [1.29, 1.82) is 0 Å². The topological polar surface area (TPSA) is 49.3 Å². The molecule has 0 atom stereocenters. The minimum Gasteiger partial charge on any atom is -0.395 e. The van der Waals surface area contributed by atoms with Gasteiger partial charge in [0.25, 0.3) is 5.91 Å². The molecule has 1 aromatic rings. The average molecular weight is 317 g/mol. The number of aliphatic hydroxyl groups is 1. The van der Waals surface area contributed by atoms with E-state index in [1.54, 1.807) is 24.3 Å². The molecule has 0 fully saturated rings. The minimum atomic E-state index is -4.28. The Hall–Kier alpha value is -1.65. The molecule has 1 aromatic carbocycles. The highest BCUT2D eigenvalue weighted by atomic mass is 32.2. The van der Waals surface area contributed by atoms with Gasteiger partial charge in [0, 0.05) is 29.8 Å². The second-order valence-electron chi connectivity index (χ2n) is 3.91. The van der Waals surface area contributed by atoms with Crippen LogP contribution in [0.3, 0.4) is 0 Å². The summed E-state index contributed by atoms with van der Waals surface area (Å²) in [6.07, 6.45) is 0.338. The second kappa shape index (κ2) is 8.60. The molecule has 0 spiro atoms. The van der Waals surface area contributed by atoms with Crippen molar-refractivity contribution in [3.8, 4) is 11.8 Å². The molecule has 0 saturated heterocycles. The van der Waals surface area contributed by atoms with Crippen LogP contribution in [0.25, 0.3) is 0 Å². The number of carbonyl (C=O) groups is 1. The molecule has 0 bridgehead atoms. The van der Waals surface area contributed by atoms with E-state index in [-0.39, 0.29) is 30.7 Å². The number of rotatable bonds is 5. The Morgan fingerprint density at radius 3 is 2.81 bits per heavy atom. The Morgan fingerprint density at radius 1 is 1.38 bits per heavy atom. The Balaban J connectivity index is 2.51. The van der Waals surface area contributed by atoms with Crippen LogP contribution in [0.1, 0.15) is 22.3 Å². The summed E-state index contributed by atoms with van der Waals surface area (Å²) in [5, 5.41) is 11.0. The van der Waals surface area contributed by atoms with Gasteiger partial charge in [-0.1, -0.05) is 17.9 Å². The van der Waals surface area contributed by atoms with Crippen LogP contribution >= 0.6 is 11.8 Å². The van der Waals surface area contributed by atoms with E-state index in [0.29, 0.717) is 17.5 Å². The van der Waals surface area contributed by atoms with Crippen LogP contribution in [0.2, 0.25) is 0 Å². The van der Waals surface area contributed by atoms with Gasteiger partial charge in [-0.15, -0.1) is 0 Å². The molecule has 2 N–H and O–H groups in total. The van der Waals surface area contributed by atoms with Crippen molar-refractivity contribution in [1.82, 2.24) is 5.32 Å². The molecule has 0 saturated carbocycles. The molecule has 0 heterocycles. The highest BCUT2D eigenvalue weighted by Gasteiger charge is 2.27. The van der Waals surface area contributed by atoms with Crippen LogP contribution in [-0.2, 0) is 0 Å². The van der Waals surface area contributed by atoms with Gasteiger partial charge in [0.05, 0.1) is 6.61 Å². The number of benzene rings is 1. The maximum Gasteiger partial charge on any atom is 0.441 e. The maximum atomic E-state index is 11.9. The largest absolute Gasteiger partial charge is 0.441 e.